The van der Waals surface area contributed by atoms with Crippen molar-refractivity contribution in [1.29, 1.82) is 0 Å². The molecule has 0 aromatic carbocycles. The molecule has 0 atom stereocenters. The standard InChI is InChI=1S/C14H12F3NS/c15-14(16,17)13-8-10(5-6-18-13)12-7-9-3-1-2-4-11(9)19-12/h5-8H,1-4H2. The summed E-state index contributed by atoms with van der Waals surface area (Å²) in [5.74, 6) is 0. The van der Waals surface area contributed by atoms with Gasteiger partial charge in [-0.25, -0.2) is 0 Å². The number of pyridine rings is 1. The Balaban J connectivity index is 2.00. The first kappa shape index (κ1) is 12.7. The molecule has 1 nitrogen and oxygen atoms in total. The lowest BCUT2D eigenvalue weighted by Crippen LogP contribution is -2.07. The largest absolute Gasteiger partial charge is 0.433 e. The number of aryl methyl sites for hydroxylation is 2. The van der Waals surface area contributed by atoms with Crippen LogP contribution in [0.5, 0.6) is 0 Å². The van der Waals surface area contributed by atoms with E-state index in [9.17, 15) is 13.2 Å². The van der Waals surface area contributed by atoms with E-state index in [-0.39, 0.29) is 0 Å². The molecule has 19 heavy (non-hydrogen) atoms. The molecule has 0 saturated carbocycles. The van der Waals surface area contributed by atoms with Crippen molar-refractivity contribution in [2.75, 3.05) is 0 Å². The summed E-state index contributed by atoms with van der Waals surface area (Å²) in [4.78, 5) is 5.64. The van der Waals surface area contributed by atoms with Crippen molar-refractivity contribution in [1.82, 2.24) is 4.98 Å². The van der Waals surface area contributed by atoms with Gasteiger partial charge in [0.05, 0.1) is 0 Å². The maximum Gasteiger partial charge on any atom is 0.433 e. The van der Waals surface area contributed by atoms with Crippen LogP contribution in [0.1, 0.15) is 29.0 Å². The van der Waals surface area contributed by atoms with Gasteiger partial charge >= 0.3 is 6.18 Å². The summed E-state index contributed by atoms with van der Waals surface area (Å²) in [6.07, 6.45) is 1.30. The van der Waals surface area contributed by atoms with E-state index in [1.54, 1.807) is 17.4 Å². The summed E-state index contributed by atoms with van der Waals surface area (Å²) >= 11 is 1.61. The van der Waals surface area contributed by atoms with Crippen LogP contribution in [0.2, 0.25) is 0 Å². The first-order valence-corrected chi connectivity index (χ1v) is 7.01. The van der Waals surface area contributed by atoms with E-state index in [1.807, 2.05) is 6.07 Å². The van der Waals surface area contributed by atoms with Crippen molar-refractivity contribution in [2.45, 2.75) is 31.9 Å². The predicted octanol–water partition coefficient (Wildman–Crippen LogP) is 4.71. The molecule has 2 aromatic heterocycles. The van der Waals surface area contributed by atoms with Gasteiger partial charge in [-0.15, -0.1) is 11.3 Å². The van der Waals surface area contributed by atoms with Gasteiger partial charge in [0.1, 0.15) is 5.69 Å². The van der Waals surface area contributed by atoms with E-state index < -0.39 is 11.9 Å². The fourth-order valence-corrected chi connectivity index (χ4v) is 3.62. The van der Waals surface area contributed by atoms with Crippen LogP contribution in [0.4, 0.5) is 13.2 Å². The highest BCUT2D eigenvalue weighted by Gasteiger charge is 2.32. The van der Waals surface area contributed by atoms with Crippen molar-refractivity contribution in [3.05, 3.63) is 40.5 Å². The van der Waals surface area contributed by atoms with Crippen LogP contribution in [0.3, 0.4) is 0 Å². The van der Waals surface area contributed by atoms with Crippen LogP contribution in [-0.4, -0.2) is 4.98 Å². The Bertz CT molecular complexity index is 577. The number of hydrogen-bond acceptors (Lipinski definition) is 2. The summed E-state index contributed by atoms with van der Waals surface area (Å²) in [5, 5.41) is 0. The molecule has 0 N–H and O–H groups in total. The second-order valence-electron chi connectivity index (χ2n) is 4.69. The van der Waals surface area contributed by atoms with Crippen molar-refractivity contribution < 1.29 is 13.2 Å². The van der Waals surface area contributed by atoms with Gasteiger partial charge in [-0.2, -0.15) is 13.2 Å². The highest BCUT2D eigenvalue weighted by Crippen LogP contribution is 2.37. The molecule has 1 aliphatic carbocycles. The molecule has 1 aliphatic rings. The number of nitrogens with zero attached hydrogens (tertiary/aromatic N) is 1. The second kappa shape index (κ2) is 4.63. The molecule has 0 saturated heterocycles. The van der Waals surface area contributed by atoms with Crippen LogP contribution in [0, 0.1) is 0 Å². The molecule has 0 radical (unpaired) electrons. The van der Waals surface area contributed by atoms with E-state index in [1.165, 1.54) is 29.5 Å². The summed E-state index contributed by atoms with van der Waals surface area (Å²) in [5.41, 5.74) is 1.09. The maximum atomic E-state index is 12.7. The van der Waals surface area contributed by atoms with Crippen LogP contribution in [-0.2, 0) is 19.0 Å². The number of halogens is 3. The fourth-order valence-electron chi connectivity index (χ4n) is 2.37. The second-order valence-corrected chi connectivity index (χ2v) is 5.83. The van der Waals surface area contributed by atoms with Gasteiger partial charge < -0.3 is 0 Å². The molecule has 0 unspecified atom stereocenters. The molecule has 3 rings (SSSR count). The summed E-state index contributed by atoms with van der Waals surface area (Å²) in [6, 6.07) is 4.82. The Hall–Kier alpha value is -1.36. The average molecular weight is 283 g/mol. The van der Waals surface area contributed by atoms with Crippen LogP contribution in [0.25, 0.3) is 10.4 Å². The Morgan fingerprint density at radius 3 is 2.63 bits per heavy atom. The maximum absolute atomic E-state index is 12.7. The molecule has 5 heteroatoms. The monoisotopic (exact) mass is 283 g/mol. The zero-order valence-corrected chi connectivity index (χ0v) is 10.9. The van der Waals surface area contributed by atoms with Gasteiger partial charge in [0.2, 0.25) is 0 Å². The van der Waals surface area contributed by atoms with Gasteiger partial charge in [0.25, 0.3) is 0 Å². The van der Waals surface area contributed by atoms with Crippen LogP contribution >= 0.6 is 11.3 Å². The number of aromatic nitrogens is 1. The zero-order valence-electron chi connectivity index (χ0n) is 10.1. The van der Waals surface area contributed by atoms with E-state index in [0.29, 0.717) is 5.56 Å². The molecule has 0 bridgehead atoms. The number of hydrogen-bond donors (Lipinski definition) is 0. The van der Waals surface area contributed by atoms with Crippen molar-refractivity contribution >= 4 is 11.3 Å². The van der Waals surface area contributed by atoms with Gasteiger partial charge in [-0.1, -0.05) is 0 Å². The van der Waals surface area contributed by atoms with Gasteiger partial charge in [0.15, 0.2) is 0 Å². The molecule has 2 aromatic rings. The number of alkyl halides is 3. The van der Waals surface area contributed by atoms with E-state index >= 15 is 0 Å². The lowest BCUT2D eigenvalue weighted by Gasteiger charge is -2.08. The molecular formula is C14H12F3NS. The lowest BCUT2D eigenvalue weighted by atomic mass is 9.99. The molecule has 0 fully saturated rings. The van der Waals surface area contributed by atoms with Gasteiger partial charge in [0, 0.05) is 16.0 Å². The minimum atomic E-state index is -4.38. The smallest absolute Gasteiger partial charge is 0.252 e. The topological polar surface area (TPSA) is 12.9 Å². The highest BCUT2D eigenvalue weighted by molar-refractivity contribution is 7.15. The third-order valence-electron chi connectivity index (χ3n) is 3.33. The van der Waals surface area contributed by atoms with Crippen LogP contribution < -0.4 is 0 Å². The SMILES string of the molecule is FC(F)(F)c1cc(-c2cc3c(s2)CCCC3)ccn1. The van der Waals surface area contributed by atoms with Crippen molar-refractivity contribution in [2.24, 2.45) is 0 Å². The highest BCUT2D eigenvalue weighted by atomic mass is 32.1. The molecule has 0 aliphatic heterocycles. The Morgan fingerprint density at radius 2 is 1.89 bits per heavy atom. The third kappa shape index (κ3) is 2.52. The molecule has 0 amide bonds. The number of rotatable bonds is 1. The number of thiophene rings is 1. The fraction of sp³-hybridized carbons (Fsp3) is 0.357. The first-order chi connectivity index (χ1) is 9.04. The third-order valence-corrected chi connectivity index (χ3v) is 4.62. The molecule has 100 valence electrons. The Kier molecular flexibility index (Phi) is 3.09. The van der Waals surface area contributed by atoms with Gasteiger partial charge in [-0.05, 0) is 55.0 Å². The number of fused-ring (bicyclic) bond motifs is 1. The van der Waals surface area contributed by atoms with Crippen molar-refractivity contribution in [3.63, 3.8) is 0 Å². The predicted molar refractivity (Wildman–Crippen MR) is 69.2 cm³/mol. The van der Waals surface area contributed by atoms with E-state index in [0.717, 1.165) is 23.8 Å². The molecule has 0 spiro atoms. The van der Waals surface area contributed by atoms with E-state index in [4.69, 9.17) is 0 Å². The minimum Gasteiger partial charge on any atom is -0.252 e. The van der Waals surface area contributed by atoms with Crippen molar-refractivity contribution in [3.8, 4) is 10.4 Å². The minimum absolute atomic E-state index is 0.613. The Morgan fingerprint density at radius 1 is 1.11 bits per heavy atom. The quantitative estimate of drug-likeness (QED) is 0.738. The zero-order chi connectivity index (χ0) is 13.5. The van der Waals surface area contributed by atoms with Gasteiger partial charge in [-0.3, -0.25) is 4.98 Å². The average Bonchev–Trinajstić information content (AvgIpc) is 2.81. The first-order valence-electron chi connectivity index (χ1n) is 6.19. The lowest BCUT2D eigenvalue weighted by molar-refractivity contribution is -0.141. The van der Waals surface area contributed by atoms with E-state index in [2.05, 4.69) is 4.98 Å². The summed E-state index contributed by atoms with van der Waals surface area (Å²) in [7, 11) is 0. The normalized spacial score (nSPS) is 15.3. The van der Waals surface area contributed by atoms with Crippen LogP contribution in [0.15, 0.2) is 24.4 Å². The molecular weight excluding hydrogens is 271 g/mol. The molecule has 2 heterocycles. The Labute approximate surface area is 113 Å². The summed E-state index contributed by atoms with van der Waals surface area (Å²) < 4.78 is 38.0. The summed E-state index contributed by atoms with van der Waals surface area (Å²) in [6.45, 7) is 0.